The topological polar surface area (TPSA) is 68.0 Å². The lowest BCUT2D eigenvalue weighted by Crippen LogP contribution is -2.47. The van der Waals surface area contributed by atoms with Gasteiger partial charge in [0.15, 0.2) is 0 Å². The average Bonchev–Trinajstić information content (AvgIpc) is 2.88. The highest BCUT2D eigenvalue weighted by molar-refractivity contribution is 5.88. The number of nitro groups is 1. The fourth-order valence-electron chi connectivity index (χ4n) is 2.37. The molecule has 0 aliphatic carbocycles. The Kier molecular flexibility index (Phi) is 3.47. The first-order valence-electron chi connectivity index (χ1n) is 5.85. The summed E-state index contributed by atoms with van der Waals surface area (Å²) in [5, 5.41) is 10.4. The van der Waals surface area contributed by atoms with E-state index in [1.54, 1.807) is 0 Å². The van der Waals surface area contributed by atoms with Crippen LogP contribution in [0.15, 0.2) is 4.99 Å². The highest BCUT2D eigenvalue weighted by atomic mass is 19.3. The summed E-state index contributed by atoms with van der Waals surface area (Å²) in [6.45, 7) is 3.26. The molecular weight excluding hydrogens is 248 g/mol. The highest BCUT2D eigenvalue weighted by Gasteiger charge is 2.54. The van der Waals surface area contributed by atoms with E-state index in [1.807, 2.05) is 6.92 Å². The minimum atomic E-state index is -4.10. The summed E-state index contributed by atoms with van der Waals surface area (Å²) in [6, 6.07) is -4.10. The lowest BCUT2D eigenvalue weighted by atomic mass is 10.1. The maximum absolute atomic E-state index is 13.3. The zero-order valence-corrected chi connectivity index (χ0v) is 10.0. The number of hydrogen-bond donors (Lipinski definition) is 0. The summed E-state index contributed by atoms with van der Waals surface area (Å²) in [5.74, 6) is -0.585. The van der Waals surface area contributed by atoms with E-state index in [4.69, 9.17) is 4.74 Å². The second-order valence-electron chi connectivity index (χ2n) is 4.70. The van der Waals surface area contributed by atoms with Crippen molar-refractivity contribution in [3.05, 3.63) is 10.1 Å². The van der Waals surface area contributed by atoms with E-state index in [1.165, 1.54) is 4.90 Å². The van der Waals surface area contributed by atoms with Crippen molar-refractivity contribution in [2.24, 2.45) is 10.9 Å². The van der Waals surface area contributed by atoms with E-state index in [0.29, 0.717) is 19.7 Å². The quantitative estimate of drug-likeness (QED) is 0.431. The molecule has 1 fully saturated rings. The van der Waals surface area contributed by atoms with Crippen molar-refractivity contribution in [3.8, 4) is 0 Å². The molecule has 2 atom stereocenters. The molecule has 18 heavy (non-hydrogen) atoms. The molecule has 2 aliphatic rings. The summed E-state index contributed by atoms with van der Waals surface area (Å²) in [5.41, 5.74) is 0. The van der Waals surface area contributed by atoms with E-state index < -0.39 is 16.8 Å². The molecule has 2 unspecified atom stereocenters. The molecule has 2 rings (SSSR count). The van der Waals surface area contributed by atoms with Crippen LogP contribution in [0.25, 0.3) is 0 Å². The number of nitrogens with zero attached hydrogens (tertiary/aromatic N) is 3. The Bertz CT molecular complexity index is 375. The molecule has 0 amide bonds. The Morgan fingerprint density at radius 1 is 1.67 bits per heavy atom. The lowest BCUT2D eigenvalue weighted by molar-refractivity contribution is -0.618. The van der Waals surface area contributed by atoms with Gasteiger partial charge in [-0.15, -0.1) is 8.78 Å². The van der Waals surface area contributed by atoms with Gasteiger partial charge in [-0.1, -0.05) is 0 Å². The zero-order chi connectivity index (χ0) is 13.3. The average molecular weight is 263 g/mol. The summed E-state index contributed by atoms with van der Waals surface area (Å²) in [4.78, 5) is 13.7. The van der Waals surface area contributed by atoms with E-state index in [-0.39, 0.29) is 18.6 Å². The monoisotopic (exact) mass is 263 g/mol. The predicted molar refractivity (Wildman–Crippen MR) is 59.3 cm³/mol. The second kappa shape index (κ2) is 4.75. The molecule has 0 N–H and O–H groups in total. The maximum Gasteiger partial charge on any atom is 0.572 e. The molecule has 0 aromatic heterocycles. The SMILES string of the molecule is CC1CC(CN2CCN=C2C(F)(F)[N+](=O)[O-])CO1. The van der Waals surface area contributed by atoms with Crippen LogP contribution in [0, 0.1) is 16.0 Å². The lowest BCUT2D eigenvalue weighted by Gasteiger charge is -2.23. The van der Waals surface area contributed by atoms with Crippen LogP contribution in [0.1, 0.15) is 13.3 Å². The molecule has 6 nitrogen and oxygen atoms in total. The molecule has 0 aromatic carbocycles. The molecular formula is C10H15F2N3O3. The van der Waals surface area contributed by atoms with Gasteiger partial charge in [0.25, 0.3) is 5.84 Å². The van der Waals surface area contributed by atoms with Crippen molar-refractivity contribution in [1.29, 1.82) is 0 Å². The van der Waals surface area contributed by atoms with Crippen LogP contribution in [0.3, 0.4) is 0 Å². The van der Waals surface area contributed by atoms with Crippen molar-refractivity contribution >= 4 is 5.84 Å². The van der Waals surface area contributed by atoms with Gasteiger partial charge < -0.3 is 9.64 Å². The van der Waals surface area contributed by atoms with Gasteiger partial charge in [-0.2, -0.15) is 0 Å². The van der Waals surface area contributed by atoms with E-state index in [9.17, 15) is 18.9 Å². The van der Waals surface area contributed by atoms with Gasteiger partial charge in [-0.25, -0.2) is 0 Å². The Morgan fingerprint density at radius 2 is 2.39 bits per heavy atom. The summed E-state index contributed by atoms with van der Waals surface area (Å²) < 4.78 is 32.1. The predicted octanol–water partition coefficient (Wildman–Crippen LogP) is 0.995. The summed E-state index contributed by atoms with van der Waals surface area (Å²) in [7, 11) is 0. The molecule has 102 valence electrons. The molecule has 0 aromatic rings. The fraction of sp³-hybridized carbons (Fsp3) is 0.900. The molecule has 0 radical (unpaired) electrons. The van der Waals surface area contributed by atoms with Gasteiger partial charge in [0.1, 0.15) is 4.92 Å². The normalized spacial score (nSPS) is 28.6. The van der Waals surface area contributed by atoms with Crippen LogP contribution in [0.5, 0.6) is 0 Å². The van der Waals surface area contributed by atoms with E-state index in [2.05, 4.69) is 4.99 Å². The number of hydrogen-bond acceptors (Lipinski definition) is 5. The van der Waals surface area contributed by atoms with E-state index >= 15 is 0 Å². The Morgan fingerprint density at radius 3 is 2.94 bits per heavy atom. The van der Waals surface area contributed by atoms with Gasteiger partial charge in [-0.05, 0) is 13.3 Å². The zero-order valence-electron chi connectivity index (χ0n) is 10.0. The van der Waals surface area contributed by atoms with Crippen LogP contribution in [0.2, 0.25) is 0 Å². The minimum absolute atomic E-state index is 0.119. The highest BCUT2D eigenvalue weighted by Crippen LogP contribution is 2.26. The van der Waals surface area contributed by atoms with Crippen LogP contribution >= 0.6 is 0 Å². The van der Waals surface area contributed by atoms with E-state index in [0.717, 1.165) is 6.42 Å². The van der Waals surface area contributed by atoms with Crippen molar-refractivity contribution < 1.29 is 18.4 Å². The van der Waals surface area contributed by atoms with Crippen molar-refractivity contribution in [2.45, 2.75) is 25.5 Å². The second-order valence-corrected chi connectivity index (χ2v) is 4.70. The first kappa shape index (κ1) is 13.1. The molecule has 0 saturated carbocycles. The van der Waals surface area contributed by atoms with Gasteiger partial charge in [0, 0.05) is 19.0 Å². The molecule has 2 heterocycles. The number of amidine groups is 1. The molecule has 1 saturated heterocycles. The van der Waals surface area contributed by atoms with Crippen LogP contribution < -0.4 is 0 Å². The first-order valence-corrected chi connectivity index (χ1v) is 5.85. The third-order valence-electron chi connectivity index (χ3n) is 3.19. The number of alkyl halides is 2. The number of aliphatic imine (C=N–C) groups is 1. The largest absolute Gasteiger partial charge is 0.572 e. The summed E-state index contributed by atoms with van der Waals surface area (Å²) >= 11 is 0. The smallest absolute Gasteiger partial charge is 0.378 e. The van der Waals surface area contributed by atoms with Gasteiger partial charge in [0.2, 0.25) is 0 Å². The molecule has 8 heteroatoms. The standard InChI is InChI=1S/C10H15F2N3O3/c1-7-4-8(6-18-7)5-14-3-2-13-9(14)10(11,12)15(16)17/h7-8H,2-6H2,1H3. The third-order valence-corrected chi connectivity index (χ3v) is 3.19. The number of rotatable bonds is 4. The van der Waals surface area contributed by atoms with Gasteiger partial charge >= 0.3 is 6.05 Å². The maximum atomic E-state index is 13.3. The molecule has 0 spiro atoms. The van der Waals surface area contributed by atoms with Gasteiger partial charge in [-0.3, -0.25) is 15.1 Å². The van der Waals surface area contributed by atoms with Gasteiger partial charge in [0.05, 0.1) is 19.3 Å². The van der Waals surface area contributed by atoms with Crippen molar-refractivity contribution in [3.63, 3.8) is 0 Å². The molecule has 2 aliphatic heterocycles. The van der Waals surface area contributed by atoms with Crippen LogP contribution in [-0.2, 0) is 4.74 Å². The van der Waals surface area contributed by atoms with Crippen LogP contribution in [-0.4, -0.2) is 54.1 Å². The number of halogens is 2. The minimum Gasteiger partial charge on any atom is -0.378 e. The Balaban J connectivity index is 2.01. The van der Waals surface area contributed by atoms with Crippen molar-refractivity contribution in [1.82, 2.24) is 4.90 Å². The van der Waals surface area contributed by atoms with Crippen LogP contribution in [0.4, 0.5) is 8.78 Å². The third kappa shape index (κ3) is 2.43. The Hall–Kier alpha value is -1.31. The molecule has 0 bridgehead atoms. The summed E-state index contributed by atoms with van der Waals surface area (Å²) in [6.07, 6.45) is 0.905. The number of ether oxygens (including phenoxy) is 1. The fourth-order valence-corrected chi connectivity index (χ4v) is 2.37. The first-order chi connectivity index (χ1) is 8.41. The van der Waals surface area contributed by atoms with Crippen molar-refractivity contribution in [2.75, 3.05) is 26.2 Å². The Labute approximate surface area is 103 Å².